The topological polar surface area (TPSA) is 32.3 Å². The van der Waals surface area contributed by atoms with E-state index in [4.69, 9.17) is 0 Å². The van der Waals surface area contributed by atoms with Crippen molar-refractivity contribution in [1.29, 1.82) is 0 Å². The molecule has 2 heterocycles. The molecular weight excluding hydrogens is 359 g/mol. The van der Waals surface area contributed by atoms with E-state index in [9.17, 15) is 9.18 Å². The lowest BCUT2D eigenvalue weighted by Gasteiger charge is -2.31. The van der Waals surface area contributed by atoms with Gasteiger partial charge in [0.15, 0.2) is 0 Å². The summed E-state index contributed by atoms with van der Waals surface area (Å²) in [6.07, 6.45) is 2.11. The third-order valence-electron chi connectivity index (χ3n) is 4.88. The van der Waals surface area contributed by atoms with Crippen LogP contribution in [0.2, 0.25) is 0 Å². The summed E-state index contributed by atoms with van der Waals surface area (Å²) in [6, 6.07) is 18.3. The molecule has 0 radical (unpaired) electrons. The molecule has 0 aliphatic carbocycles. The predicted octanol–water partition coefficient (Wildman–Crippen LogP) is 4.55. The quantitative estimate of drug-likeness (QED) is 0.704. The number of nitrogens with zero attached hydrogens (tertiary/aromatic N) is 1. The SMILES string of the molecule is O=C(CN1CCCc2ccccc21)N[C@@H](c1ccc(F)cc1)c1cccs1. The van der Waals surface area contributed by atoms with Crippen molar-refractivity contribution in [3.05, 3.63) is 87.9 Å². The number of rotatable bonds is 5. The van der Waals surface area contributed by atoms with Crippen molar-refractivity contribution in [3.63, 3.8) is 0 Å². The van der Waals surface area contributed by atoms with Gasteiger partial charge in [0.05, 0.1) is 12.6 Å². The molecule has 1 atom stereocenters. The van der Waals surface area contributed by atoms with E-state index in [0.717, 1.165) is 35.5 Å². The second-order valence-electron chi connectivity index (χ2n) is 6.72. The Hall–Kier alpha value is -2.66. The summed E-state index contributed by atoms with van der Waals surface area (Å²) < 4.78 is 13.3. The van der Waals surface area contributed by atoms with Crippen LogP contribution in [0.3, 0.4) is 0 Å². The van der Waals surface area contributed by atoms with E-state index in [1.807, 2.05) is 29.6 Å². The average molecular weight is 380 g/mol. The first-order chi connectivity index (χ1) is 13.2. The molecule has 0 unspecified atom stereocenters. The first-order valence-electron chi connectivity index (χ1n) is 9.12. The predicted molar refractivity (Wildman–Crippen MR) is 108 cm³/mol. The molecule has 3 nitrogen and oxygen atoms in total. The number of halogens is 1. The summed E-state index contributed by atoms with van der Waals surface area (Å²) >= 11 is 1.58. The number of amides is 1. The minimum atomic E-state index is -0.278. The lowest BCUT2D eigenvalue weighted by Crippen LogP contribution is -2.41. The van der Waals surface area contributed by atoms with E-state index in [2.05, 4.69) is 22.3 Å². The lowest BCUT2D eigenvalue weighted by atomic mass is 10.0. The number of carbonyl (C=O) groups is 1. The minimum Gasteiger partial charge on any atom is -0.362 e. The van der Waals surface area contributed by atoms with Crippen LogP contribution in [0.4, 0.5) is 10.1 Å². The molecule has 1 aliphatic heterocycles. The molecule has 0 bridgehead atoms. The van der Waals surface area contributed by atoms with Gasteiger partial charge in [-0.05, 0) is 53.6 Å². The van der Waals surface area contributed by atoms with Crippen molar-refractivity contribution < 1.29 is 9.18 Å². The third-order valence-corrected chi connectivity index (χ3v) is 5.81. The highest BCUT2D eigenvalue weighted by atomic mass is 32.1. The number of para-hydroxylation sites is 1. The van der Waals surface area contributed by atoms with Crippen LogP contribution in [0, 0.1) is 5.82 Å². The summed E-state index contributed by atoms with van der Waals surface area (Å²) in [4.78, 5) is 16.0. The Bertz CT molecular complexity index is 908. The van der Waals surface area contributed by atoms with Gasteiger partial charge in [-0.15, -0.1) is 11.3 Å². The van der Waals surface area contributed by atoms with Crippen LogP contribution in [-0.2, 0) is 11.2 Å². The Morgan fingerprint density at radius 1 is 1.11 bits per heavy atom. The van der Waals surface area contributed by atoms with Crippen molar-refractivity contribution in [3.8, 4) is 0 Å². The number of fused-ring (bicyclic) bond motifs is 1. The molecule has 0 spiro atoms. The van der Waals surface area contributed by atoms with Gasteiger partial charge < -0.3 is 10.2 Å². The van der Waals surface area contributed by atoms with Crippen molar-refractivity contribution in [2.75, 3.05) is 18.0 Å². The molecule has 0 fully saturated rings. The molecule has 5 heteroatoms. The number of hydrogen-bond acceptors (Lipinski definition) is 3. The number of aryl methyl sites for hydroxylation is 1. The normalized spacial score (nSPS) is 14.5. The number of carbonyl (C=O) groups excluding carboxylic acids is 1. The van der Waals surface area contributed by atoms with Crippen LogP contribution in [0.25, 0.3) is 0 Å². The molecule has 0 saturated heterocycles. The van der Waals surface area contributed by atoms with Crippen molar-refractivity contribution in [2.24, 2.45) is 0 Å². The lowest BCUT2D eigenvalue weighted by molar-refractivity contribution is -0.120. The molecule has 1 N–H and O–H groups in total. The zero-order chi connectivity index (χ0) is 18.6. The first-order valence-corrected chi connectivity index (χ1v) is 10.00. The summed E-state index contributed by atoms with van der Waals surface area (Å²) in [6.45, 7) is 1.20. The summed E-state index contributed by atoms with van der Waals surface area (Å²) in [5.41, 5.74) is 3.32. The highest BCUT2D eigenvalue weighted by Crippen LogP contribution is 2.28. The van der Waals surface area contributed by atoms with Gasteiger partial charge in [0, 0.05) is 17.1 Å². The number of anilines is 1. The van der Waals surface area contributed by atoms with E-state index < -0.39 is 0 Å². The van der Waals surface area contributed by atoms with Crippen LogP contribution < -0.4 is 10.2 Å². The second-order valence-corrected chi connectivity index (χ2v) is 7.70. The monoisotopic (exact) mass is 380 g/mol. The Morgan fingerprint density at radius 2 is 1.93 bits per heavy atom. The van der Waals surface area contributed by atoms with Crippen LogP contribution in [0.5, 0.6) is 0 Å². The van der Waals surface area contributed by atoms with Gasteiger partial charge in [-0.2, -0.15) is 0 Å². The van der Waals surface area contributed by atoms with E-state index in [1.54, 1.807) is 23.5 Å². The fraction of sp³-hybridized carbons (Fsp3) is 0.227. The third kappa shape index (κ3) is 4.03. The Morgan fingerprint density at radius 3 is 2.70 bits per heavy atom. The molecule has 27 heavy (non-hydrogen) atoms. The molecule has 0 saturated carbocycles. The van der Waals surface area contributed by atoms with Crippen LogP contribution >= 0.6 is 11.3 Å². The van der Waals surface area contributed by atoms with Crippen LogP contribution in [-0.4, -0.2) is 19.0 Å². The van der Waals surface area contributed by atoms with Gasteiger partial charge in [0.1, 0.15) is 5.82 Å². The fourth-order valence-corrected chi connectivity index (χ4v) is 4.39. The molecule has 1 aromatic heterocycles. The van der Waals surface area contributed by atoms with E-state index >= 15 is 0 Å². The van der Waals surface area contributed by atoms with Crippen molar-refractivity contribution in [1.82, 2.24) is 5.32 Å². The summed E-state index contributed by atoms with van der Waals surface area (Å²) in [5, 5.41) is 5.13. The van der Waals surface area contributed by atoms with Gasteiger partial charge in [0.2, 0.25) is 5.91 Å². The average Bonchev–Trinajstić information content (AvgIpc) is 3.22. The molecular formula is C22H21FN2OS. The van der Waals surface area contributed by atoms with Crippen LogP contribution in [0.15, 0.2) is 66.0 Å². The van der Waals surface area contributed by atoms with Gasteiger partial charge in [-0.3, -0.25) is 4.79 Å². The Kier molecular flexibility index (Phi) is 5.21. The van der Waals surface area contributed by atoms with Gasteiger partial charge >= 0.3 is 0 Å². The minimum absolute atomic E-state index is 0.0329. The number of benzene rings is 2. The summed E-state index contributed by atoms with van der Waals surface area (Å²) in [5.74, 6) is -0.311. The van der Waals surface area contributed by atoms with Crippen LogP contribution in [0.1, 0.15) is 28.5 Å². The second kappa shape index (κ2) is 7.92. The largest absolute Gasteiger partial charge is 0.362 e. The zero-order valence-electron chi connectivity index (χ0n) is 14.9. The number of nitrogens with one attached hydrogen (secondary N) is 1. The standard InChI is InChI=1S/C22H21FN2OS/c23-18-11-9-17(10-12-18)22(20-8-4-14-27-20)24-21(26)15-25-13-3-6-16-5-1-2-7-19(16)25/h1-2,4-5,7-12,14,22H,3,6,13,15H2,(H,24,26)/t22-/m0/s1. The van der Waals surface area contributed by atoms with E-state index in [-0.39, 0.29) is 17.8 Å². The van der Waals surface area contributed by atoms with E-state index in [1.165, 1.54) is 17.7 Å². The molecule has 3 aromatic rings. The Labute approximate surface area is 162 Å². The van der Waals surface area contributed by atoms with E-state index in [0.29, 0.717) is 6.54 Å². The van der Waals surface area contributed by atoms with Crippen molar-refractivity contribution >= 4 is 22.9 Å². The first kappa shape index (κ1) is 17.7. The fourth-order valence-electron chi connectivity index (χ4n) is 3.59. The van der Waals surface area contributed by atoms with Gasteiger partial charge in [0.25, 0.3) is 0 Å². The maximum Gasteiger partial charge on any atom is 0.240 e. The van der Waals surface area contributed by atoms with Crippen molar-refractivity contribution in [2.45, 2.75) is 18.9 Å². The molecule has 2 aromatic carbocycles. The Balaban J connectivity index is 1.52. The maximum atomic E-state index is 13.3. The molecule has 1 aliphatic rings. The molecule has 4 rings (SSSR count). The maximum absolute atomic E-state index is 13.3. The number of hydrogen-bond donors (Lipinski definition) is 1. The molecule has 138 valence electrons. The van der Waals surface area contributed by atoms with Gasteiger partial charge in [-0.25, -0.2) is 4.39 Å². The smallest absolute Gasteiger partial charge is 0.240 e. The highest BCUT2D eigenvalue weighted by Gasteiger charge is 2.22. The zero-order valence-corrected chi connectivity index (χ0v) is 15.7. The number of thiophene rings is 1. The van der Waals surface area contributed by atoms with Gasteiger partial charge in [-0.1, -0.05) is 36.4 Å². The molecule has 1 amide bonds. The highest BCUT2D eigenvalue weighted by molar-refractivity contribution is 7.10. The summed E-state index contributed by atoms with van der Waals surface area (Å²) in [7, 11) is 0.